The number of piperidine rings is 1. The molecule has 1 aliphatic heterocycles. The third-order valence-electron chi connectivity index (χ3n) is 5.95. The van der Waals surface area contributed by atoms with Gasteiger partial charge in [0.2, 0.25) is 11.8 Å². The fraction of sp³-hybridized carbons (Fsp3) is 0.714. The molecule has 6 nitrogen and oxygen atoms in total. The van der Waals surface area contributed by atoms with Gasteiger partial charge in [0.15, 0.2) is 0 Å². The van der Waals surface area contributed by atoms with Gasteiger partial charge in [-0.1, -0.05) is 12.8 Å². The molecule has 1 aromatic rings. The number of nitrogens with one attached hydrogen (secondary N) is 1. The van der Waals surface area contributed by atoms with Gasteiger partial charge < -0.3 is 10.2 Å². The molecule has 1 N–H and O–H groups in total. The monoisotopic (exact) mass is 372 g/mol. The zero-order chi connectivity index (χ0) is 19.4. The van der Waals surface area contributed by atoms with Crippen LogP contribution in [0.3, 0.4) is 0 Å². The zero-order valence-electron chi connectivity index (χ0n) is 16.9. The van der Waals surface area contributed by atoms with Gasteiger partial charge in [-0.3, -0.25) is 9.59 Å². The predicted molar refractivity (Wildman–Crippen MR) is 104 cm³/mol. The Hall–Kier alpha value is -1.98. The Morgan fingerprint density at radius 3 is 2.37 bits per heavy atom. The van der Waals surface area contributed by atoms with E-state index in [9.17, 15) is 9.59 Å². The molecule has 1 aliphatic carbocycles. The van der Waals surface area contributed by atoms with Crippen LogP contribution in [0.5, 0.6) is 0 Å². The van der Waals surface area contributed by atoms with Crippen molar-refractivity contribution in [2.75, 3.05) is 19.6 Å². The Kier molecular flexibility index (Phi) is 6.45. The van der Waals surface area contributed by atoms with Gasteiger partial charge in [0.05, 0.1) is 6.42 Å². The topological polar surface area (TPSA) is 75.2 Å². The number of hydrogen-bond donors (Lipinski definition) is 1. The zero-order valence-corrected chi connectivity index (χ0v) is 16.9. The van der Waals surface area contributed by atoms with E-state index < -0.39 is 0 Å². The largest absolute Gasteiger partial charge is 0.356 e. The Balaban J connectivity index is 1.71. The van der Waals surface area contributed by atoms with E-state index >= 15 is 0 Å². The van der Waals surface area contributed by atoms with E-state index in [1.807, 2.05) is 25.7 Å². The SMILES string of the molecule is CCNC(=O)Cc1c(C)nc(C2CCCN(C(=O)C3CCCC3)C2)nc1C. The summed E-state index contributed by atoms with van der Waals surface area (Å²) in [6.07, 6.45) is 6.80. The van der Waals surface area contributed by atoms with Gasteiger partial charge >= 0.3 is 0 Å². The number of nitrogens with zero attached hydrogens (tertiary/aromatic N) is 3. The lowest BCUT2D eigenvalue weighted by molar-refractivity contribution is -0.136. The van der Waals surface area contributed by atoms with Crippen molar-refractivity contribution < 1.29 is 9.59 Å². The van der Waals surface area contributed by atoms with E-state index in [1.54, 1.807) is 0 Å². The highest BCUT2D eigenvalue weighted by Crippen LogP contribution is 2.31. The second-order valence-corrected chi connectivity index (χ2v) is 7.97. The van der Waals surface area contributed by atoms with Crippen LogP contribution >= 0.6 is 0 Å². The normalized spacial score (nSPS) is 20.7. The smallest absolute Gasteiger partial charge is 0.225 e. The summed E-state index contributed by atoms with van der Waals surface area (Å²) >= 11 is 0. The van der Waals surface area contributed by atoms with Crippen molar-refractivity contribution in [3.8, 4) is 0 Å². The molecular formula is C21H32N4O2. The van der Waals surface area contributed by atoms with Gasteiger partial charge in [-0.2, -0.15) is 0 Å². The van der Waals surface area contributed by atoms with Gasteiger partial charge in [0, 0.05) is 48.4 Å². The van der Waals surface area contributed by atoms with Crippen LogP contribution < -0.4 is 5.32 Å². The van der Waals surface area contributed by atoms with E-state index in [1.165, 1.54) is 12.8 Å². The average Bonchev–Trinajstić information content (AvgIpc) is 3.19. The van der Waals surface area contributed by atoms with E-state index in [0.29, 0.717) is 18.9 Å². The summed E-state index contributed by atoms with van der Waals surface area (Å²) in [7, 11) is 0. The molecule has 1 aromatic heterocycles. The molecule has 1 atom stereocenters. The Labute approximate surface area is 162 Å². The minimum atomic E-state index is 0.00560. The summed E-state index contributed by atoms with van der Waals surface area (Å²) < 4.78 is 0. The summed E-state index contributed by atoms with van der Waals surface area (Å²) in [5, 5.41) is 2.83. The number of hydrogen-bond acceptors (Lipinski definition) is 4. The van der Waals surface area contributed by atoms with Crippen molar-refractivity contribution >= 4 is 11.8 Å². The molecule has 2 heterocycles. The first-order chi connectivity index (χ1) is 13.0. The molecule has 0 spiro atoms. The number of likely N-dealkylation sites (N-methyl/N-ethyl adjacent to an activating group) is 1. The van der Waals surface area contributed by atoms with E-state index in [-0.39, 0.29) is 17.7 Å². The second-order valence-electron chi connectivity index (χ2n) is 7.97. The van der Waals surface area contributed by atoms with E-state index in [0.717, 1.165) is 61.5 Å². The van der Waals surface area contributed by atoms with Crippen LogP contribution in [0.4, 0.5) is 0 Å². The lowest BCUT2D eigenvalue weighted by Gasteiger charge is -2.34. The summed E-state index contributed by atoms with van der Waals surface area (Å²) in [5.74, 6) is 1.59. The van der Waals surface area contributed by atoms with Crippen LogP contribution in [0.25, 0.3) is 0 Å². The molecule has 27 heavy (non-hydrogen) atoms. The first kappa shape index (κ1) is 19.8. The molecule has 1 saturated heterocycles. The van der Waals surface area contributed by atoms with E-state index in [4.69, 9.17) is 9.97 Å². The van der Waals surface area contributed by atoms with Crippen LogP contribution in [0.15, 0.2) is 0 Å². The van der Waals surface area contributed by atoms with Gasteiger partial charge in [-0.25, -0.2) is 9.97 Å². The fourth-order valence-corrected chi connectivity index (χ4v) is 4.44. The minimum Gasteiger partial charge on any atom is -0.356 e. The Morgan fingerprint density at radius 2 is 1.74 bits per heavy atom. The maximum Gasteiger partial charge on any atom is 0.225 e. The average molecular weight is 373 g/mol. The van der Waals surface area contributed by atoms with Crippen molar-refractivity contribution in [1.82, 2.24) is 20.2 Å². The van der Waals surface area contributed by atoms with Gasteiger partial charge in [0.25, 0.3) is 0 Å². The molecule has 3 rings (SSSR count). The van der Waals surface area contributed by atoms with Crippen molar-refractivity contribution in [3.05, 3.63) is 22.8 Å². The van der Waals surface area contributed by atoms with Crippen molar-refractivity contribution in [1.29, 1.82) is 0 Å². The lowest BCUT2D eigenvalue weighted by Crippen LogP contribution is -2.42. The minimum absolute atomic E-state index is 0.00560. The fourth-order valence-electron chi connectivity index (χ4n) is 4.44. The number of carbonyl (C=O) groups is 2. The third-order valence-corrected chi connectivity index (χ3v) is 5.95. The molecule has 0 aromatic carbocycles. The molecule has 6 heteroatoms. The van der Waals surface area contributed by atoms with Crippen molar-refractivity contribution in [2.45, 2.75) is 71.6 Å². The number of likely N-dealkylation sites (tertiary alicyclic amines) is 1. The van der Waals surface area contributed by atoms with Gasteiger partial charge in [0.1, 0.15) is 5.82 Å². The van der Waals surface area contributed by atoms with Crippen molar-refractivity contribution in [3.63, 3.8) is 0 Å². The predicted octanol–water partition coefficient (Wildman–Crippen LogP) is 2.67. The summed E-state index contributed by atoms with van der Waals surface area (Å²) in [5.41, 5.74) is 2.67. The molecule has 1 saturated carbocycles. The Bertz CT molecular complexity index is 674. The third kappa shape index (κ3) is 4.66. The highest BCUT2D eigenvalue weighted by Gasteiger charge is 2.32. The van der Waals surface area contributed by atoms with Gasteiger partial charge in [-0.05, 0) is 46.5 Å². The van der Waals surface area contributed by atoms with Crippen LogP contribution in [-0.2, 0) is 16.0 Å². The Morgan fingerprint density at radius 1 is 1.07 bits per heavy atom. The van der Waals surface area contributed by atoms with Crippen LogP contribution in [0.1, 0.15) is 74.1 Å². The first-order valence-electron chi connectivity index (χ1n) is 10.4. The highest BCUT2D eigenvalue weighted by molar-refractivity contribution is 5.79. The quantitative estimate of drug-likeness (QED) is 0.862. The molecule has 0 bridgehead atoms. The van der Waals surface area contributed by atoms with Crippen molar-refractivity contribution in [2.24, 2.45) is 5.92 Å². The van der Waals surface area contributed by atoms with Crippen LogP contribution in [-0.4, -0.2) is 46.3 Å². The maximum absolute atomic E-state index is 12.8. The summed E-state index contributed by atoms with van der Waals surface area (Å²) in [6, 6.07) is 0. The van der Waals surface area contributed by atoms with Crippen LogP contribution in [0, 0.1) is 19.8 Å². The lowest BCUT2D eigenvalue weighted by atomic mass is 9.94. The van der Waals surface area contributed by atoms with E-state index in [2.05, 4.69) is 5.32 Å². The summed E-state index contributed by atoms with van der Waals surface area (Å²) in [4.78, 5) is 36.2. The molecule has 2 amide bonds. The molecule has 148 valence electrons. The molecule has 2 fully saturated rings. The molecule has 1 unspecified atom stereocenters. The number of rotatable bonds is 5. The molecular weight excluding hydrogens is 340 g/mol. The summed E-state index contributed by atoms with van der Waals surface area (Å²) in [6.45, 7) is 8.04. The molecule has 0 radical (unpaired) electrons. The highest BCUT2D eigenvalue weighted by atomic mass is 16.2. The first-order valence-corrected chi connectivity index (χ1v) is 10.4. The standard InChI is InChI=1S/C21H32N4O2/c1-4-22-19(26)12-18-14(2)23-20(24-15(18)3)17-10-7-11-25(13-17)21(27)16-8-5-6-9-16/h16-17H,4-13H2,1-3H3,(H,22,26). The number of carbonyl (C=O) groups excluding carboxylic acids is 2. The second kappa shape index (κ2) is 8.81. The van der Waals surface area contributed by atoms with Crippen LogP contribution in [0.2, 0.25) is 0 Å². The number of aromatic nitrogens is 2. The number of aryl methyl sites for hydroxylation is 2. The molecule has 2 aliphatic rings. The number of amides is 2. The maximum atomic E-state index is 12.8. The van der Waals surface area contributed by atoms with Gasteiger partial charge in [-0.15, -0.1) is 0 Å².